The van der Waals surface area contributed by atoms with E-state index < -0.39 is 0 Å². The summed E-state index contributed by atoms with van der Waals surface area (Å²) in [5.41, 5.74) is 1.45. The number of ether oxygens (including phenoxy) is 1. The van der Waals surface area contributed by atoms with E-state index in [2.05, 4.69) is 20.8 Å². The molecule has 0 saturated carbocycles. The summed E-state index contributed by atoms with van der Waals surface area (Å²) in [5.74, 6) is 1.80. The molecule has 1 heteroatoms. The number of allylic oxidation sites excluding steroid dienone is 2. The van der Waals surface area contributed by atoms with Crippen LogP contribution < -0.4 is 0 Å². The standard InChI is InChI=1S/C9H16O/c1-7(2)9-8(3)5-4-6-10-9/h7H,4-6H2,1-3H3. The second-order valence-corrected chi connectivity index (χ2v) is 3.25. The SMILES string of the molecule is CC1=C(C(C)C)OCCC1. The van der Waals surface area contributed by atoms with Crippen molar-refractivity contribution in [2.24, 2.45) is 5.92 Å². The number of rotatable bonds is 1. The molecule has 1 nitrogen and oxygen atoms in total. The fourth-order valence-corrected chi connectivity index (χ4v) is 1.43. The van der Waals surface area contributed by atoms with Crippen LogP contribution in [0.2, 0.25) is 0 Å². The molecule has 0 aromatic rings. The van der Waals surface area contributed by atoms with Gasteiger partial charge in [0, 0.05) is 5.92 Å². The molecule has 0 unspecified atom stereocenters. The zero-order valence-corrected chi connectivity index (χ0v) is 7.11. The average molecular weight is 140 g/mol. The van der Waals surface area contributed by atoms with Crippen molar-refractivity contribution in [3.63, 3.8) is 0 Å². The topological polar surface area (TPSA) is 9.23 Å². The molecule has 0 saturated heterocycles. The van der Waals surface area contributed by atoms with Crippen LogP contribution in [0, 0.1) is 5.92 Å². The molecule has 0 aliphatic carbocycles. The van der Waals surface area contributed by atoms with Crippen LogP contribution in [0.4, 0.5) is 0 Å². The molecule has 0 radical (unpaired) electrons. The Morgan fingerprint density at radius 1 is 1.40 bits per heavy atom. The first-order valence-corrected chi connectivity index (χ1v) is 4.04. The van der Waals surface area contributed by atoms with E-state index in [4.69, 9.17) is 4.74 Å². The molecule has 0 fully saturated rings. The van der Waals surface area contributed by atoms with E-state index in [1.165, 1.54) is 24.2 Å². The molecular weight excluding hydrogens is 124 g/mol. The van der Waals surface area contributed by atoms with Gasteiger partial charge >= 0.3 is 0 Å². The maximum Gasteiger partial charge on any atom is 0.0974 e. The first kappa shape index (κ1) is 7.64. The van der Waals surface area contributed by atoms with Crippen molar-refractivity contribution in [3.05, 3.63) is 11.3 Å². The molecule has 1 heterocycles. The van der Waals surface area contributed by atoms with Gasteiger partial charge in [-0.05, 0) is 25.3 Å². The summed E-state index contributed by atoms with van der Waals surface area (Å²) in [6.07, 6.45) is 2.43. The van der Waals surface area contributed by atoms with Gasteiger partial charge in [-0.3, -0.25) is 0 Å². The van der Waals surface area contributed by atoms with Gasteiger partial charge in [0.15, 0.2) is 0 Å². The van der Waals surface area contributed by atoms with Crippen LogP contribution in [0.15, 0.2) is 11.3 Å². The Morgan fingerprint density at radius 2 is 2.10 bits per heavy atom. The highest BCUT2D eigenvalue weighted by atomic mass is 16.5. The number of hydrogen-bond donors (Lipinski definition) is 0. The van der Waals surface area contributed by atoms with Crippen molar-refractivity contribution in [1.29, 1.82) is 0 Å². The van der Waals surface area contributed by atoms with Crippen LogP contribution in [0.1, 0.15) is 33.6 Å². The van der Waals surface area contributed by atoms with Crippen molar-refractivity contribution >= 4 is 0 Å². The summed E-state index contributed by atoms with van der Waals surface area (Å²) >= 11 is 0. The second-order valence-electron chi connectivity index (χ2n) is 3.25. The summed E-state index contributed by atoms with van der Waals surface area (Å²) in [4.78, 5) is 0. The van der Waals surface area contributed by atoms with Crippen LogP contribution in [0.25, 0.3) is 0 Å². The largest absolute Gasteiger partial charge is 0.498 e. The monoisotopic (exact) mass is 140 g/mol. The molecule has 58 valence electrons. The third-order valence-corrected chi connectivity index (χ3v) is 1.90. The lowest BCUT2D eigenvalue weighted by atomic mass is 10.0. The zero-order chi connectivity index (χ0) is 7.56. The maximum absolute atomic E-state index is 5.53. The normalized spacial score (nSPS) is 19.6. The Labute approximate surface area is 63.1 Å². The lowest BCUT2D eigenvalue weighted by Gasteiger charge is -2.21. The van der Waals surface area contributed by atoms with Gasteiger partial charge in [-0.1, -0.05) is 13.8 Å². The highest BCUT2D eigenvalue weighted by Crippen LogP contribution is 2.23. The minimum atomic E-state index is 0.570. The van der Waals surface area contributed by atoms with E-state index in [0.29, 0.717) is 5.92 Å². The molecule has 0 aromatic carbocycles. The maximum atomic E-state index is 5.53. The van der Waals surface area contributed by atoms with Gasteiger partial charge in [0.2, 0.25) is 0 Å². The highest BCUT2D eigenvalue weighted by Gasteiger charge is 2.12. The third kappa shape index (κ3) is 1.53. The van der Waals surface area contributed by atoms with Crippen molar-refractivity contribution in [2.75, 3.05) is 6.61 Å². The molecule has 0 bridgehead atoms. The third-order valence-electron chi connectivity index (χ3n) is 1.90. The average Bonchev–Trinajstić information content (AvgIpc) is 1.88. The van der Waals surface area contributed by atoms with Crippen LogP contribution in [0.3, 0.4) is 0 Å². The van der Waals surface area contributed by atoms with E-state index in [-0.39, 0.29) is 0 Å². The van der Waals surface area contributed by atoms with E-state index >= 15 is 0 Å². The smallest absolute Gasteiger partial charge is 0.0974 e. The van der Waals surface area contributed by atoms with E-state index in [9.17, 15) is 0 Å². The molecule has 0 amide bonds. The molecular formula is C9H16O. The van der Waals surface area contributed by atoms with Crippen molar-refractivity contribution < 1.29 is 4.74 Å². The molecule has 1 rings (SSSR count). The van der Waals surface area contributed by atoms with Crippen LogP contribution in [-0.4, -0.2) is 6.61 Å². The Morgan fingerprint density at radius 3 is 2.50 bits per heavy atom. The van der Waals surface area contributed by atoms with Gasteiger partial charge in [-0.15, -0.1) is 0 Å². The van der Waals surface area contributed by atoms with Gasteiger partial charge in [-0.2, -0.15) is 0 Å². The van der Waals surface area contributed by atoms with Crippen molar-refractivity contribution in [3.8, 4) is 0 Å². The van der Waals surface area contributed by atoms with Gasteiger partial charge in [0.25, 0.3) is 0 Å². The summed E-state index contributed by atoms with van der Waals surface area (Å²) in [7, 11) is 0. The van der Waals surface area contributed by atoms with Crippen LogP contribution in [0.5, 0.6) is 0 Å². The predicted octanol–water partition coefficient (Wildman–Crippen LogP) is 2.73. The van der Waals surface area contributed by atoms with Crippen LogP contribution >= 0.6 is 0 Å². The highest BCUT2D eigenvalue weighted by molar-refractivity contribution is 5.09. The molecule has 1 aliphatic rings. The fraction of sp³-hybridized carbons (Fsp3) is 0.778. The minimum Gasteiger partial charge on any atom is -0.498 e. The van der Waals surface area contributed by atoms with Gasteiger partial charge in [0.05, 0.1) is 12.4 Å². The van der Waals surface area contributed by atoms with E-state index in [1.54, 1.807) is 0 Å². The molecule has 0 N–H and O–H groups in total. The zero-order valence-electron chi connectivity index (χ0n) is 7.11. The van der Waals surface area contributed by atoms with E-state index in [0.717, 1.165) is 6.61 Å². The Balaban J connectivity index is 2.68. The summed E-state index contributed by atoms with van der Waals surface area (Å²) < 4.78 is 5.53. The second kappa shape index (κ2) is 3.09. The Kier molecular flexibility index (Phi) is 2.36. The predicted molar refractivity (Wildman–Crippen MR) is 42.7 cm³/mol. The van der Waals surface area contributed by atoms with Gasteiger partial charge < -0.3 is 4.74 Å². The van der Waals surface area contributed by atoms with Gasteiger partial charge in [-0.25, -0.2) is 0 Å². The molecule has 10 heavy (non-hydrogen) atoms. The lowest BCUT2D eigenvalue weighted by molar-refractivity contribution is 0.161. The summed E-state index contributed by atoms with van der Waals surface area (Å²) in [5, 5.41) is 0. The first-order chi connectivity index (χ1) is 4.72. The van der Waals surface area contributed by atoms with E-state index in [1.807, 2.05) is 0 Å². The van der Waals surface area contributed by atoms with Crippen molar-refractivity contribution in [2.45, 2.75) is 33.6 Å². The summed E-state index contributed by atoms with van der Waals surface area (Å²) in [6, 6.07) is 0. The van der Waals surface area contributed by atoms with Gasteiger partial charge in [0.1, 0.15) is 0 Å². The first-order valence-electron chi connectivity index (χ1n) is 4.04. The molecule has 0 aromatic heterocycles. The molecule has 0 spiro atoms. The molecule has 0 atom stereocenters. The Bertz CT molecular complexity index is 145. The minimum absolute atomic E-state index is 0.570. The quantitative estimate of drug-likeness (QED) is 0.544. The Hall–Kier alpha value is -0.460. The number of hydrogen-bond acceptors (Lipinski definition) is 1. The van der Waals surface area contributed by atoms with Crippen molar-refractivity contribution in [1.82, 2.24) is 0 Å². The summed E-state index contributed by atoms with van der Waals surface area (Å²) in [6.45, 7) is 7.47. The molecule has 1 aliphatic heterocycles. The lowest BCUT2D eigenvalue weighted by Crippen LogP contribution is -2.09. The fourth-order valence-electron chi connectivity index (χ4n) is 1.43. The van der Waals surface area contributed by atoms with Crippen LogP contribution in [-0.2, 0) is 4.74 Å².